The minimum atomic E-state index is -0.0380. The van der Waals surface area contributed by atoms with Crippen LogP contribution in [0, 0.1) is 18.3 Å². The van der Waals surface area contributed by atoms with Crippen LogP contribution in [0.3, 0.4) is 0 Å². The van der Waals surface area contributed by atoms with Gasteiger partial charge in [-0.1, -0.05) is 0 Å². The van der Waals surface area contributed by atoms with Gasteiger partial charge in [0.05, 0.1) is 21.8 Å². The lowest BCUT2D eigenvalue weighted by molar-refractivity contribution is 0.177. The summed E-state index contributed by atoms with van der Waals surface area (Å²) in [6, 6.07) is 2.14. The Hall–Kier alpha value is -2.00. The molecule has 0 aromatic carbocycles. The summed E-state index contributed by atoms with van der Waals surface area (Å²) < 4.78 is 6.13. The average molecular weight is 312 g/mol. The van der Waals surface area contributed by atoms with Crippen LogP contribution in [0.4, 0.5) is 0 Å². The number of hydrogen-bond donors (Lipinski definition) is 0. The van der Waals surface area contributed by atoms with E-state index in [4.69, 9.17) is 4.74 Å². The Morgan fingerprint density at radius 1 is 1.32 bits per heavy atom. The Labute approximate surface area is 133 Å². The number of thiazole rings is 1. The van der Waals surface area contributed by atoms with Crippen molar-refractivity contribution >= 4 is 11.3 Å². The molecule has 0 aliphatic heterocycles. The second-order valence-electron chi connectivity index (χ2n) is 5.88. The van der Waals surface area contributed by atoms with E-state index in [9.17, 15) is 5.26 Å². The van der Waals surface area contributed by atoms with Crippen molar-refractivity contribution in [2.24, 2.45) is 0 Å². The molecule has 112 valence electrons. The van der Waals surface area contributed by atoms with E-state index in [0.717, 1.165) is 48.6 Å². The van der Waals surface area contributed by atoms with Gasteiger partial charge in [-0.2, -0.15) is 10.2 Å². The molecule has 2 aromatic heterocycles. The average Bonchev–Trinajstić information content (AvgIpc) is 3.29. The van der Waals surface area contributed by atoms with Crippen LogP contribution in [0.2, 0.25) is 0 Å². The van der Waals surface area contributed by atoms with Gasteiger partial charge in [0.1, 0.15) is 23.6 Å². The van der Waals surface area contributed by atoms with E-state index in [-0.39, 0.29) is 6.10 Å². The summed E-state index contributed by atoms with van der Waals surface area (Å²) in [5.41, 5.74) is 1.56. The van der Waals surface area contributed by atoms with Gasteiger partial charge in [0, 0.05) is 5.92 Å². The van der Waals surface area contributed by atoms with Gasteiger partial charge in [-0.25, -0.2) is 9.97 Å². The number of hydrogen-bond acceptors (Lipinski definition) is 6. The maximum absolute atomic E-state index is 9.27. The molecule has 1 atom stereocenters. The quantitative estimate of drug-likeness (QED) is 0.868. The largest absolute Gasteiger partial charge is 0.468 e. The standard InChI is InChI=1S/C16H16N4OS/c1-9-19-12-3-2-4-13(14(12)22-9)21-16-11(7-17)8-18-15(20-16)10-5-6-10/h8,10,13H,2-6H2,1H3. The first-order chi connectivity index (χ1) is 10.7. The molecule has 5 nitrogen and oxygen atoms in total. The lowest BCUT2D eigenvalue weighted by Gasteiger charge is -2.22. The van der Waals surface area contributed by atoms with Gasteiger partial charge in [-0.05, 0) is 39.0 Å². The molecule has 0 saturated heterocycles. The zero-order valence-electron chi connectivity index (χ0n) is 12.4. The number of nitrogens with zero attached hydrogens (tertiary/aromatic N) is 4. The molecule has 2 heterocycles. The van der Waals surface area contributed by atoms with Gasteiger partial charge in [0.25, 0.3) is 0 Å². The smallest absolute Gasteiger partial charge is 0.235 e. The van der Waals surface area contributed by atoms with Gasteiger partial charge < -0.3 is 4.74 Å². The first-order valence-electron chi connectivity index (χ1n) is 7.64. The molecular formula is C16H16N4OS. The molecule has 0 amide bonds. The predicted octanol–water partition coefficient (Wildman–Crippen LogP) is 3.45. The van der Waals surface area contributed by atoms with Crippen molar-refractivity contribution in [1.29, 1.82) is 5.26 Å². The van der Waals surface area contributed by atoms with Crippen LogP contribution >= 0.6 is 11.3 Å². The lowest BCUT2D eigenvalue weighted by atomic mass is 10.0. The molecule has 4 rings (SSSR count). The maximum Gasteiger partial charge on any atom is 0.235 e. The van der Waals surface area contributed by atoms with Crippen molar-refractivity contribution < 1.29 is 4.74 Å². The third-order valence-corrected chi connectivity index (χ3v) is 5.20. The van der Waals surface area contributed by atoms with Crippen molar-refractivity contribution in [2.45, 2.75) is 51.0 Å². The summed E-state index contributed by atoms with van der Waals surface area (Å²) >= 11 is 1.69. The highest BCUT2D eigenvalue weighted by atomic mass is 32.1. The van der Waals surface area contributed by atoms with Crippen molar-refractivity contribution in [2.75, 3.05) is 0 Å². The lowest BCUT2D eigenvalue weighted by Crippen LogP contribution is -2.15. The Morgan fingerprint density at radius 2 is 2.18 bits per heavy atom. The number of ether oxygens (including phenoxy) is 1. The van der Waals surface area contributed by atoms with Crippen molar-refractivity contribution in [3.05, 3.63) is 33.2 Å². The van der Waals surface area contributed by atoms with Crippen LogP contribution in [0.25, 0.3) is 0 Å². The third-order valence-electron chi connectivity index (χ3n) is 4.10. The van der Waals surface area contributed by atoms with Gasteiger partial charge in [-0.15, -0.1) is 11.3 Å². The van der Waals surface area contributed by atoms with Crippen molar-refractivity contribution in [3.63, 3.8) is 0 Å². The molecule has 6 heteroatoms. The van der Waals surface area contributed by atoms with Gasteiger partial charge in [0.15, 0.2) is 0 Å². The number of aryl methyl sites for hydroxylation is 2. The summed E-state index contributed by atoms with van der Waals surface area (Å²) in [6.07, 6.45) is 6.84. The fourth-order valence-electron chi connectivity index (χ4n) is 2.83. The van der Waals surface area contributed by atoms with Gasteiger partial charge in [-0.3, -0.25) is 0 Å². The van der Waals surface area contributed by atoms with Crippen LogP contribution in [-0.4, -0.2) is 15.0 Å². The minimum Gasteiger partial charge on any atom is -0.468 e. The monoisotopic (exact) mass is 312 g/mol. The minimum absolute atomic E-state index is 0.0380. The Bertz CT molecular complexity index is 760. The Balaban J connectivity index is 1.66. The van der Waals surface area contributed by atoms with Crippen LogP contribution in [0.15, 0.2) is 6.20 Å². The number of fused-ring (bicyclic) bond motifs is 1. The first-order valence-corrected chi connectivity index (χ1v) is 8.46. The molecule has 2 aliphatic rings. The molecule has 0 N–H and O–H groups in total. The topological polar surface area (TPSA) is 71.7 Å². The number of aromatic nitrogens is 3. The van der Waals surface area contributed by atoms with E-state index in [2.05, 4.69) is 21.0 Å². The Morgan fingerprint density at radius 3 is 2.95 bits per heavy atom. The molecule has 1 fully saturated rings. The molecule has 1 saturated carbocycles. The highest BCUT2D eigenvalue weighted by molar-refractivity contribution is 7.11. The fraction of sp³-hybridized carbons (Fsp3) is 0.500. The van der Waals surface area contributed by atoms with Crippen LogP contribution in [0.5, 0.6) is 5.88 Å². The first kappa shape index (κ1) is 13.6. The van der Waals surface area contributed by atoms with E-state index in [0.29, 0.717) is 17.4 Å². The second-order valence-corrected chi connectivity index (χ2v) is 7.11. The maximum atomic E-state index is 9.27. The normalized spacial score (nSPS) is 20.3. The van der Waals surface area contributed by atoms with E-state index in [1.165, 1.54) is 4.88 Å². The number of rotatable bonds is 3. The molecule has 0 bridgehead atoms. The zero-order chi connectivity index (χ0) is 15.1. The predicted molar refractivity (Wildman–Crippen MR) is 81.9 cm³/mol. The molecule has 2 aromatic rings. The van der Waals surface area contributed by atoms with E-state index in [1.807, 2.05) is 6.92 Å². The fourth-order valence-corrected chi connectivity index (χ4v) is 3.87. The second kappa shape index (κ2) is 5.33. The van der Waals surface area contributed by atoms with Gasteiger partial charge >= 0.3 is 0 Å². The highest BCUT2D eigenvalue weighted by Crippen LogP contribution is 2.40. The molecule has 2 aliphatic carbocycles. The molecule has 22 heavy (non-hydrogen) atoms. The summed E-state index contributed by atoms with van der Waals surface area (Å²) in [4.78, 5) is 14.6. The molecular weight excluding hydrogens is 296 g/mol. The highest BCUT2D eigenvalue weighted by Gasteiger charge is 2.30. The van der Waals surface area contributed by atoms with E-state index in [1.54, 1.807) is 17.5 Å². The molecule has 0 radical (unpaired) electrons. The summed E-state index contributed by atoms with van der Waals surface area (Å²) in [5.74, 6) is 1.69. The van der Waals surface area contributed by atoms with Gasteiger partial charge in [0.2, 0.25) is 5.88 Å². The molecule has 1 unspecified atom stereocenters. The molecule has 0 spiro atoms. The third kappa shape index (κ3) is 2.46. The van der Waals surface area contributed by atoms with Crippen molar-refractivity contribution in [3.8, 4) is 11.9 Å². The van der Waals surface area contributed by atoms with Crippen LogP contribution < -0.4 is 4.74 Å². The summed E-state index contributed by atoms with van der Waals surface area (Å²) in [6.45, 7) is 2.02. The van der Waals surface area contributed by atoms with E-state index < -0.39 is 0 Å². The number of nitriles is 1. The summed E-state index contributed by atoms with van der Waals surface area (Å²) in [5, 5.41) is 10.3. The summed E-state index contributed by atoms with van der Waals surface area (Å²) in [7, 11) is 0. The van der Waals surface area contributed by atoms with Crippen molar-refractivity contribution in [1.82, 2.24) is 15.0 Å². The zero-order valence-corrected chi connectivity index (χ0v) is 13.2. The van der Waals surface area contributed by atoms with E-state index >= 15 is 0 Å². The van der Waals surface area contributed by atoms with Crippen LogP contribution in [0.1, 0.15) is 64.7 Å². The van der Waals surface area contributed by atoms with Crippen LogP contribution in [-0.2, 0) is 6.42 Å². The SMILES string of the molecule is Cc1nc2c(s1)C(Oc1nc(C3CC3)ncc1C#N)CCC2. The Kier molecular flexibility index (Phi) is 3.30.